The highest BCUT2D eigenvalue weighted by atomic mass is 35.5. The van der Waals surface area contributed by atoms with Crippen molar-refractivity contribution >= 4 is 34.1 Å². The number of carbonyl (C=O) groups excluding carboxylic acids is 1. The van der Waals surface area contributed by atoms with Crippen molar-refractivity contribution in [1.82, 2.24) is 19.6 Å². The second kappa shape index (κ2) is 7.28. The van der Waals surface area contributed by atoms with Crippen LogP contribution in [0.2, 0.25) is 5.02 Å². The fourth-order valence-electron chi connectivity index (χ4n) is 2.99. The number of anilines is 1. The molecule has 2 aromatic heterocycles. The number of hydrogen-bond donors (Lipinski definition) is 1. The van der Waals surface area contributed by atoms with Crippen LogP contribution in [0, 0.1) is 6.92 Å². The van der Waals surface area contributed by atoms with Gasteiger partial charge in [0, 0.05) is 16.1 Å². The molecule has 0 radical (unpaired) electrons. The van der Waals surface area contributed by atoms with Gasteiger partial charge in [-0.05, 0) is 37.3 Å². The lowest BCUT2D eigenvalue weighted by Gasteiger charge is -2.09. The van der Waals surface area contributed by atoms with Crippen LogP contribution in [0.1, 0.15) is 5.69 Å². The predicted molar refractivity (Wildman–Crippen MR) is 108 cm³/mol. The van der Waals surface area contributed by atoms with Gasteiger partial charge in [-0.15, -0.1) is 0 Å². The van der Waals surface area contributed by atoms with E-state index < -0.39 is 5.56 Å². The molecule has 0 aliphatic rings. The molecule has 0 aliphatic carbocycles. The zero-order chi connectivity index (χ0) is 19.7. The predicted octanol–water partition coefficient (Wildman–Crippen LogP) is 3.18. The van der Waals surface area contributed by atoms with Gasteiger partial charge in [0.25, 0.3) is 5.56 Å². The molecule has 28 heavy (non-hydrogen) atoms. The highest BCUT2D eigenvalue weighted by Gasteiger charge is 2.16. The summed E-state index contributed by atoms with van der Waals surface area (Å²) in [5.41, 5.74) is 1.87. The van der Waals surface area contributed by atoms with E-state index in [1.165, 1.54) is 4.68 Å². The van der Waals surface area contributed by atoms with E-state index in [4.69, 9.17) is 11.6 Å². The quantitative estimate of drug-likeness (QED) is 0.577. The number of aryl methyl sites for hydroxylation is 1. The smallest absolute Gasteiger partial charge is 0.293 e. The number of amides is 1. The van der Waals surface area contributed by atoms with Crippen LogP contribution in [-0.2, 0) is 11.3 Å². The molecule has 0 saturated carbocycles. The third-order valence-corrected chi connectivity index (χ3v) is 4.51. The highest BCUT2D eigenvalue weighted by Crippen LogP contribution is 2.19. The Morgan fingerprint density at radius 2 is 1.93 bits per heavy atom. The Balaban J connectivity index is 1.74. The summed E-state index contributed by atoms with van der Waals surface area (Å²) < 4.78 is 2.67. The standard InChI is InChI=1S/C20H16ClN5O2/c1-13-17-11-22-26(16-9-5-6-14(21)10-16)19(17)20(28)25(24-13)12-18(27)23-15-7-3-2-4-8-15/h2-11H,12H2,1H3,(H,23,27). The fourth-order valence-corrected chi connectivity index (χ4v) is 3.17. The summed E-state index contributed by atoms with van der Waals surface area (Å²) >= 11 is 6.07. The summed E-state index contributed by atoms with van der Waals surface area (Å²) in [5, 5.41) is 12.5. The number of nitrogens with one attached hydrogen (secondary N) is 1. The van der Waals surface area contributed by atoms with E-state index in [9.17, 15) is 9.59 Å². The first-order chi connectivity index (χ1) is 13.5. The van der Waals surface area contributed by atoms with Crippen molar-refractivity contribution in [3.05, 3.63) is 81.9 Å². The van der Waals surface area contributed by atoms with Crippen LogP contribution in [0.15, 0.2) is 65.6 Å². The van der Waals surface area contributed by atoms with E-state index in [1.807, 2.05) is 18.2 Å². The molecule has 0 unspecified atom stereocenters. The fraction of sp³-hybridized carbons (Fsp3) is 0.100. The lowest BCUT2D eigenvalue weighted by atomic mass is 10.2. The van der Waals surface area contributed by atoms with Gasteiger partial charge in [0.15, 0.2) is 0 Å². The molecule has 0 atom stereocenters. The van der Waals surface area contributed by atoms with Gasteiger partial charge in [-0.25, -0.2) is 9.36 Å². The van der Waals surface area contributed by atoms with Crippen molar-refractivity contribution in [2.75, 3.05) is 5.32 Å². The summed E-state index contributed by atoms with van der Waals surface area (Å²) in [6.07, 6.45) is 1.59. The van der Waals surface area contributed by atoms with Crippen LogP contribution in [-0.4, -0.2) is 25.5 Å². The molecule has 1 amide bonds. The van der Waals surface area contributed by atoms with Crippen LogP contribution < -0.4 is 10.9 Å². The molecule has 2 heterocycles. The summed E-state index contributed by atoms with van der Waals surface area (Å²) in [7, 11) is 0. The van der Waals surface area contributed by atoms with E-state index in [-0.39, 0.29) is 12.5 Å². The minimum Gasteiger partial charge on any atom is -0.324 e. The molecule has 0 bridgehead atoms. The maximum absolute atomic E-state index is 13.0. The number of para-hydroxylation sites is 1. The molecule has 7 nitrogen and oxygen atoms in total. The summed E-state index contributed by atoms with van der Waals surface area (Å²) in [5.74, 6) is -0.339. The Labute approximate surface area is 165 Å². The molecular weight excluding hydrogens is 378 g/mol. The SMILES string of the molecule is Cc1nn(CC(=O)Nc2ccccc2)c(=O)c2c1cnn2-c1cccc(Cl)c1. The molecule has 4 rings (SSSR count). The van der Waals surface area contributed by atoms with Gasteiger partial charge >= 0.3 is 0 Å². The Morgan fingerprint density at radius 3 is 2.68 bits per heavy atom. The van der Waals surface area contributed by atoms with Gasteiger partial charge in [-0.3, -0.25) is 9.59 Å². The molecule has 4 aromatic rings. The average molecular weight is 394 g/mol. The minimum atomic E-state index is -0.402. The minimum absolute atomic E-state index is 0.203. The van der Waals surface area contributed by atoms with Crippen molar-refractivity contribution in [3.8, 4) is 5.69 Å². The maximum Gasteiger partial charge on any atom is 0.293 e. The van der Waals surface area contributed by atoms with Crippen molar-refractivity contribution in [2.24, 2.45) is 0 Å². The number of fused-ring (bicyclic) bond motifs is 1. The topological polar surface area (TPSA) is 81.8 Å². The zero-order valence-electron chi connectivity index (χ0n) is 15.0. The monoisotopic (exact) mass is 393 g/mol. The Kier molecular flexibility index (Phi) is 4.67. The lowest BCUT2D eigenvalue weighted by Crippen LogP contribution is -2.31. The second-order valence-electron chi connectivity index (χ2n) is 6.26. The lowest BCUT2D eigenvalue weighted by molar-refractivity contribution is -0.117. The molecule has 2 aromatic carbocycles. The van der Waals surface area contributed by atoms with E-state index in [1.54, 1.807) is 49.5 Å². The van der Waals surface area contributed by atoms with Crippen LogP contribution in [0.4, 0.5) is 5.69 Å². The van der Waals surface area contributed by atoms with E-state index in [0.717, 1.165) is 4.68 Å². The molecule has 0 aliphatic heterocycles. The third kappa shape index (κ3) is 3.39. The Hall–Kier alpha value is -3.45. The average Bonchev–Trinajstić information content (AvgIpc) is 3.13. The molecule has 140 valence electrons. The van der Waals surface area contributed by atoms with Gasteiger partial charge in [0.2, 0.25) is 5.91 Å². The van der Waals surface area contributed by atoms with Gasteiger partial charge in [-0.1, -0.05) is 35.9 Å². The Bertz CT molecular complexity index is 1230. The third-order valence-electron chi connectivity index (χ3n) is 4.27. The molecule has 0 saturated heterocycles. The summed E-state index contributed by atoms with van der Waals surface area (Å²) in [6.45, 7) is 1.57. The summed E-state index contributed by atoms with van der Waals surface area (Å²) in [4.78, 5) is 25.4. The van der Waals surface area contributed by atoms with Crippen molar-refractivity contribution in [1.29, 1.82) is 0 Å². The van der Waals surface area contributed by atoms with Crippen LogP contribution in [0.5, 0.6) is 0 Å². The number of nitrogens with zero attached hydrogens (tertiary/aromatic N) is 4. The van der Waals surface area contributed by atoms with Crippen molar-refractivity contribution < 1.29 is 4.79 Å². The first-order valence-electron chi connectivity index (χ1n) is 8.59. The number of halogens is 1. The highest BCUT2D eigenvalue weighted by molar-refractivity contribution is 6.30. The van der Waals surface area contributed by atoms with E-state index >= 15 is 0 Å². The van der Waals surface area contributed by atoms with Gasteiger partial charge < -0.3 is 5.32 Å². The number of carbonyl (C=O) groups is 1. The molecule has 0 fully saturated rings. The first-order valence-corrected chi connectivity index (χ1v) is 8.97. The van der Waals surface area contributed by atoms with Crippen molar-refractivity contribution in [2.45, 2.75) is 13.5 Å². The molecule has 1 N–H and O–H groups in total. The largest absolute Gasteiger partial charge is 0.324 e. The van der Waals surface area contributed by atoms with Gasteiger partial charge in [-0.2, -0.15) is 10.2 Å². The number of hydrogen-bond acceptors (Lipinski definition) is 4. The molecular formula is C20H16ClN5O2. The maximum atomic E-state index is 13.0. The first kappa shape index (κ1) is 17.9. The Morgan fingerprint density at radius 1 is 1.14 bits per heavy atom. The van der Waals surface area contributed by atoms with Crippen molar-refractivity contribution in [3.63, 3.8) is 0 Å². The van der Waals surface area contributed by atoms with Gasteiger partial charge in [0.1, 0.15) is 12.1 Å². The van der Waals surface area contributed by atoms with Gasteiger partial charge in [0.05, 0.1) is 17.6 Å². The van der Waals surface area contributed by atoms with E-state index in [0.29, 0.717) is 33.0 Å². The summed E-state index contributed by atoms with van der Waals surface area (Å²) in [6, 6.07) is 16.1. The van der Waals surface area contributed by atoms with Crippen LogP contribution in [0.3, 0.4) is 0 Å². The number of aromatic nitrogens is 4. The zero-order valence-corrected chi connectivity index (χ0v) is 15.7. The van der Waals surface area contributed by atoms with E-state index in [2.05, 4.69) is 15.5 Å². The second-order valence-corrected chi connectivity index (χ2v) is 6.70. The van der Waals surface area contributed by atoms with Crippen LogP contribution >= 0.6 is 11.6 Å². The molecule has 0 spiro atoms. The number of rotatable bonds is 4. The number of benzene rings is 2. The van der Waals surface area contributed by atoms with Crippen LogP contribution in [0.25, 0.3) is 16.6 Å². The normalized spacial score (nSPS) is 10.9. The molecule has 8 heteroatoms.